The molecule has 9 nitrogen and oxygen atoms in total. The molecular weight excluding hydrogens is 496 g/mol. The summed E-state index contributed by atoms with van der Waals surface area (Å²) in [6, 6.07) is 28.3. The minimum atomic E-state index is 0.572. The average molecular weight is 519 g/mol. The number of tetrazole rings is 1. The van der Waals surface area contributed by atoms with Crippen molar-refractivity contribution in [1.82, 2.24) is 40.4 Å². The lowest BCUT2D eigenvalue weighted by Crippen LogP contribution is -2.00. The molecule has 10 heteroatoms. The molecule has 0 fully saturated rings. The Morgan fingerprint density at radius 3 is 2.26 bits per heavy atom. The molecule has 38 heavy (non-hydrogen) atoms. The second-order valence-corrected chi connectivity index (χ2v) is 9.28. The van der Waals surface area contributed by atoms with Crippen LogP contribution < -0.4 is 4.74 Å². The number of rotatable bonds is 8. The predicted octanol–water partition coefficient (Wildman–Crippen LogP) is 5.48. The summed E-state index contributed by atoms with van der Waals surface area (Å²) in [6.07, 6.45) is 3.52. The molecule has 3 heterocycles. The molecule has 3 aromatic carbocycles. The first-order valence-electron chi connectivity index (χ1n) is 11.9. The zero-order valence-corrected chi connectivity index (χ0v) is 21.2. The van der Waals surface area contributed by atoms with E-state index in [1.807, 2.05) is 54.6 Å². The number of nitrogens with zero attached hydrogens (tertiary/aromatic N) is 7. The van der Waals surface area contributed by atoms with E-state index in [9.17, 15) is 0 Å². The highest BCUT2D eigenvalue weighted by Gasteiger charge is 2.17. The summed E-state index contributed by atoms with van der Waals surface area (Å²) in [5, 5.41) is 24.4. The Kier molecular flexibility index (Phi) is 6.60. The van der Waals surface area contributed by atoms with E-state index in [1.165, 1.54) is 5.56 Å². The van der Waals surface area contributed by atoms with E-state index in [2.05, 4.69) is 70.7 Å². The van der Waals surface area contributed by atoms with Crippen LogP contribution in [0.4, 0.5) is 0 Å². The molecule has 6 aromatic rings. The average Bonchev–Trinajstić information content (AvgIpc) is 3.68. The normalized spacial score (nSPS) is 11.0. The van der Waals surface area contributed by atoms with E-state index in [1.54, 1.807) is 31.3 Å². The standard InChI is InChI=1S/C28H22N8OS/c1-37-23-12-10-22(11-13-23)36-27(21-14-16-29-17-15-21)32-33-28(36)38-18-19-6-8-20(9-7-19)24-4-2-3-5-25(24)26-30-34-35-31-26/h2-17H,18H2,1H3,(H,30,31,34,35). The summed E-state index contributed by atoms with van der Waals surface area (Å²) in [4.78, 5) is 4.14. The smallest absolute Gasteiger partial charge is 0.205 e. The third-order valence-corrected chi connectivity index (χ3v) is 7.05. The van der Waals surface area contributed by atoms with Crippen LogP contribution in [0.2, 0.25) is 0 Å². The van der Waals surface area contributed by atoms with Gasteiger partial charge in [-0.3, -0.25) is 9.55 Å². The molecule has 0 amide bonds. The third kappa shape index (κ3) is 4.76. The fourth-order valence-corrected chi connectivity index (χ4v) is 5.06. The molecular formula is C28H22N8OS. The summed E-state index contributed by atoms with van der Waals surface area (Å²) < 4.78 is 7.41. The van der Waals surface area contributed by atoms with Gasteiger partial charge in [0.2, 0.25) is 5.82 Å². The van der Waals surface area contributed by atoms with Crippen LogP contribution in [0.1, 0.15) is 5.56 Å². The molecule has 6 rings (SSSR count). The van der Waals surface area contributed by atoms with Crippen LogP contribution in [0.3, 0.4) is 0 Å². The van der Waals surface area contributed by atoms with Gasteiger partial charge in [0.15, 0.2) is 11.0 Å². The van der Waals surface area contributed by atoms with Gasteiger partial charge in [0.1, 0.15) is 5.75 Å². The van der Waals surface area contributed by atoms with Crippen LogP contribution in [0.5, 0.6) is 5.75 Å². The van der Waals surface area contributed by atoms with Crippen molar-refractivity contribution in [3.05, 3.63) is 103 Å². The molecule has 186 valence electrons. The van der Waals surface area contributed by atoms with Crippen LogP contribution in [0.25, 0.3) is 39.6 Å². The van der Waals surface area contributed by atoms with Gasteiger partial charge >= 0.3 is 0 Å². The maximum atomic E-state index is 5.34. The highest BCUT2D eigenvalue weighted by Crippen LogP contribution is 2.32. The lowest BCUT2D eigenvalue weighted by molar-refractivity contribution is 0.414. The molecule has 0 bridgehead atoms. The van der Waals surface area contributed by atoms with Gasteiger partial charge in [-0.05, 0) is 58.3 Å². The highest BCUT2D eigenvalue weighted by molar-refractivity contribution is 7.98. The minimum absolute atomic E-state index is 0.572. The number of thioether (sulfide) groups is 1. The zero-order valence-electron chi connectivity index (χ0n) is 20.4. The fraction of sp³-hybridized carbons (Fsp3) is 0.0714. The molecule has 0 aliphatic heterocycles. The Bertz CT molecular complexity index is 1630. The van der Waals surface area contributed by atoms with Crippen molar-refractivity contribution in [3.8, 4) is 45.3 Å². The van der Waals surface area contributed by atoms with E-state index in [4.69, 9.17) is 4.74 Å². The maximum Gasteiger partial charge on any atom is 0.205 e. The summed E-state index contributed by atoms with van der Waals surface area (Å²) >= 11 is 1.63. The number of pyridine rings is 1. The topological polar surface area (TPSA) is 107 Å². The first-order chi connectivity index (χ1) is 18.8. The number of ether oxygens (including phenoxy) is 1. The van der Waals surface area contributed by atoms with Gasteiger partial charge in [0.25, 0.3) is 0 Å². The quantitative estimate of drug-likeness (QED) is 0.264. The Labute approximate surface area is 223 Å². The van der Waals surface area contributed by atoms with Crippen LogP contribution in [0.15, 0.2) is 102 Å². The van der Waals surface area contributed by atoms with Gasteiger partial charge in [0.05, 0.1) is 7.11 Å². The van der Waals surface area contributed by atoms with Gasteiger partial charge in [-0.2, -0.15) is 5.21 Å². The number of aromatic nitrogens is 8. The molecule has 0 spiro atoms. The molecule has 0 radical (unpaired) electrons. The summed E-state index contributed by atoms with van der Waals surface area (Å²) in [5.41, 5.74) is 6.14. The first kappa shape index (κ1) is 23.6. The van der Waals surface area contributed by atoms with Gasteiger partial charge in [-0.1, -0.05) is 60.3 Å². The monoisotopic (exact) mass is 518 g/mol. The van der Waals surface area contributed by atoms with Crippen molar-refractivity contribution < 1.29 is 4.74 Å². The van der Waals surface area contributed by atoms with Crippen LogP contribution in [-0.4, -0.2) is 47.5 Å². The Balaban J connectivity index is 1.27. The fourth-order valence-electron chi connectivity index (χ4n) is 4.15. The van der Waals surface area contributed by atoms with E-state index in [0.717, 1.165) is 50.4 Å². The van der Waals surface area contributed by atoms with Crippen molar-refractivity contribution in [3.63, 3.8) is 0 Å². The van der Waals surface area contributed by atoms with Crippen molar-refractivity contribution in [1.29, 1.82) is 0 Å². The Hall–Kier alpha value is -4.83. The number of methoxy groups -OCH3 is 1. The number of benzene rings is 3. The number of H-pyrrole nitrogens is 1. The SMILES string of the molecule is COc1ccc(-n2c(SCc3ccc(-c4ccccc4-c4nn[nH]n4)cc3)nnc2-c2ccncc2)cc1. The highest BCUT2D eigenvalue weighted by atomic mass is 32.2. The summed E-state index contributed by atoms with van der Waals surface area (Å²) in [7, 11) is 1.66. The number of hydrogen-bond acceptors (Lipinski definition) is 8. The van der Waals surface area contributed by atoms with E-state index in [-0.39, 0.29) is 0 Å². The zero-order chi connectivity index (χ0) is 25.7. The maximum absolute atomic E-state index is 5.34. The van der Waals surface area contributed by atoms with Crippen LogP contribution in [-0.2, 0) is 5.75 Å². The van der Waals surface area contributed by atoms with Crippen LogP contribution in [0, 0.1) is 0 Å². The molecule has 0 aliphatic carbocycles. The van der Waals surface area contributed by atoms with Crippen molar-refractivity contribution in [2.24, 2.45) is 0 Å². The van der Waals surface area contributed by atoms with Gasteiger partial charge in [-0.15, -0.1) is 20.4 Å². The lowest BCUT2D eigenvalue weighted by atomic mass is 9.98. The Morgan fingerprint density at radius 2 is 1.55 bits per heavy atom. The van der Waals surface area contributed by atoms with Crippen LogP contribution >= 0.6 is 11.8 Å². The molecule has 0 unspecified atom stereocenters. The van der Waals surface area contributed by atoms with Crippen molar-refractivity contribution in [2.75, 3.05) is 7.11 Å². The molecule has 0 aliphatic rings. The Morgan fingerprint density at radius 1 is 0.789 bits per heavy atom. The minimum Gasteiger partial charge on any atom is -0.497 e. The summed E-state index contributed by atoms with van der Waals surface area (Å²) in [6.45, 7) is 0. The molecule has 0 atom stereocenters. The van der Waals surface area contributed by atoms with E-state index >= 15 is 0 Å². The number of hydrogen-bond donors (Lipinski definition) is 1. The van der Waals surface area contributed by atoms with E-state index in [0.29, 0.717) is 5.82 Å². The van der Waals surface area contributed by atoms with Crippen molar-refractivity contribution >= 4 is 11.8 Å². The third-order valence-electron chi connectivity index (χ3n) is 6.05. The second kappa shape index (κ2) is 10.7. The van der Waals surface area contributed by atoms with Gasteiger partial charge in [-0.25, -0.2) is 0 Å². The molecule has 3 aromatic heterocycles. The molecule has 0 saturated heterocycles. The summed E-state index contributed by atoms with van der Waals surface area (Å²) in [5.74, 6) is 2.86. The van der Waals surface area contributed by atoms with Gasteiger partial charge in [0, 0.05) is 35.0 Å². The van der Waals surface area contributed by atoms with Gasteiger partial charge < -0.3 is 4.74 Å². The van der Waals surface area contributed by atoms with Crippen molar-refractivity contribution in [2.45, 2.75) is 10.9 Å². The number of aromatic amines is 1. The lowest BCUT2D eigenvalue weighted by Gasteiger charge is -2.11. The van der Waals surface area contributed by atoms with E-state index < -0.39 is 0 Å². The second-order valence-electron chi connectivity index (χ2n) is 8.34. The molecule has 1 N–H and O–H groups in total. The predicted molar refractivity (Wildman–Crippen MR) is 146 cm³/mol. The first-order valence-corrected chi connectivity index (χ1v) is 12.8. The largest absolute Gasteiger partial charge is 0.497 e. The molecule has 0 saturated carbocycles. The number of nitrogens with one attached hydrogen (secondary N) is 1.